The summed E-state index contributed by atoms with van der Waals surface area (Å²) in [6.45, 7) is 0.588. The fraction of sp³-hybridized carbons (Fsp3) is 0.200. The quantitative estimate of drug-likeness (QED) is 0.543. The number of rotatable bonds is 5. The summed E-state index contributed by atoms with van der Waals surface area (Å²) in [4.78, 5) is 15.0. The molecular weight excluding hydrogens is 398 g/mol. The highest BCUT2D eigenvalue weighted by Crippen LogP contribution is 2.37. The molecule has 2 aliphatic rings. The lowest BCUT2D eigenvalue weighted by Crippen LogP contribution is -2.27. The lowest BCUT2D eigenvalue weighted by atomic mass is 10.1. The van der Waals surface area contributed by atoms with Crippen LogP contribution in [0, 0.1) is 0 Å². The van der Waals surface area contributed by atoms with Gasteiger partial charge in [0.1, 0.15) is 15.8 Å². The van der Waals surface area contributed by atoms with Crippen LogP contribution in [-0.4, -0.2) is 36.1 Å². The topological polar surface area (TPSA) is 57.2 Å². The van der Waals surface area contributed by atoms with Crippen molar-refractivity contribution in [3.05, 3.63) is 52.4 Å². The van der Waals surface area contributed by atoms with Crippen LogP contribution in [-0.2, 0) is 11.3 Å². The van der Waals surface area contributed by atoms with E-state index in [9.17, 15) is 4.79 Å². The van der Waals surface area contributed by atoms with Crippen LogP contribution in [0.1, 0.15) is 11.1 Å². The molecule has 0 spiro atoms. The van der Waals surface area contributed by atoms with Gasteiger partial charge in [0.25, 0.3) is 5.91 Å². The first kappa shape index (κ1) is 18.6. The Morgan fingerprint density at radius 1 is 1.14 bits per heavy atom. The summed E-state index contributed by atoms with van der Waals surface area (Å²) in [7, 11) is 3.17. The molecule has 1 saturated heterocycles. The summed E-state index contributed by atoms with van der Waals surface area (Å²) in [6.07, 6.45) is 1.79. The predicted octanol–water partition coefficient (Wildman–Crippen LogP) is 3.83. The Kier molecular flexibility index (Phi) is 5.15. The second-order valence-electron chi connectivity index (χ2n) is 6.06. The molecule has 0 atom stereocenters. The molecule has 1 fully saturated rings. The molecule has 2 aliphatic heterocycles. The number of thiocarbonyl (C=S) groups is 1. The summed E-state index contributed by atoms with van der Waals surface area (Å²) in [5, 5.41) is 0. The zero-order valence-corrected chi connectivity index (χ0v) is 16.9. The van der Waals surface area contributed by atoms with Crippen molar-refractivity contribution in [1.29, 1.82) is 0 Å². The van der Waals surface area contributed by atoms with Gasteiger partial charge in [-0.1, -0.05) is 30.0 Å². The van der Waals surface area contributed by atoms with E-state index in [4.69, 9.17) is 31.2 Å². The molecule has 0 bridgehead atoms. The van der Waals surface area contributed by atoms with Gasteiger partial charge in [-0.2, -0.15) is 0 Å². The Balaban J connectivity index is 1.56. The van der Waals surface area contributed by atoms with Gasteiger partial charge in [0.2, 0.25) is 6.79 Å². The standard InChI is InChI=1S/C20H17NO5S2/c1-23-14-5-4-13(16(9-14)24-2)8-18-19(22)21(20(27)28-18)10-12-3-6-15-17(7-12)26-11-25-15/h3-9H,10-11H2,1-2H3. The maximum Gasteiger partial charge on any atom is 0.266 e. The average molecular weight is 415 g/mol. The van der Waals surface area contributed by atoms with Crippen molar-refractivity contribution in [2.24, 2.45) is 0 Å². The molecule has 0 N–H and O–H groups in total. The number of hydrogen-bond donors (Lipinski definition) is 0. The van der Waals surface area contributed by atoms with Crippen molar-refractivity contribution in [3.63, 3.8) is 0 Å². The smallest absolute Gasteiger partial charge is 0.266 e. The summed E-state index contributed by atoms with van der Waals surface area (Å²) >= 11 is 6.71. The number of ether oxygens (including phenoxy) is 4. The van der Waals surface area contributed by atoms with Gasteiger partial charge in [-0.25, -0.2) is 0 Å². The van der Waals surface area contributed by atoms with Crippen LogP contribution in [0.4, 0.5) is 0 Å². The third-order valence-corrected chi connectivity index (χ3v) is 5.76. The van der Waals surface area contributed by atoms with Gasteiger partial charge < -0.3 is 18.9 Å². The SMILES string of the molecule is COc1ccc(C=C2SC(=S)N(Cc3ccc4c(c3)OCO4)C2=O)c(OC)c1. The molecule has 8 heteroatoms. The van der Waals surface area contributed by atoms with Gasteiger partial charge in [0.15, 0.2) is 11.5 Å². The minimum atomic E-state index is -0.134. The van der Waals surface area contributed by atoms with Gasteiger partial charge in [0.05, 0.1) is 25.7 Å². The summed E-state index contributed by atoms with van der Waals surface area (Å²) in [5.74, 6) is 2.57. The van der Waals surface area contributed by atoms with Crippen LogP contribution in [0.25, 0.3) is 6.08 Å². The molecular formula is C20H17NO5S2. The molecule has 2 heterocycles. The summed E-state index contributed by atoms with van der Waals surface area (Å²) in [6, 6.07) is 11.1. The zero-order chi connectivity index (χ0) is 19.7. The highest BCUT2D eigenvalue weighted by atomic mass is 32.2. The van der Waals surface area contributed by atoms with Crippen molar-refractivity contribution in [2.75, 3.05) is 21.0 Å². The molecule has 0 aromatic heterocycles. The normalized spacial score (nSPS) is 16.8. The Morgan fingerprint density at radius 2 is 1.96 bits per heavy atom. The van der Waals surface area contributed by atoms with Crippen molar-refractivity contribution < 1.29 is 23.7 Å². The zero-order valence-electron chi connectivity index (χ0n) is 15.3. The molecule has 0 unspecified atom stereocenters. The number of methoxy groups -OCH3 is 2. The number of hydrogen-bond acceptors (Lipinski definition) is 7. The van der Waals surface area contributed by atoms with Gasteiger partial charge in [-0.3, -0.25) is 9.69 Å². The first-order chi connectivity index (χ1) is 13.6. The first-order valence-electron chi connectivity index (χ1n) is 8.45. The largest absolute Gasteiger partial charge is 0.497 e. The second-order valence-corrected chi connectivity index (χ2v) is 7.74. The lowest BCUT2D eigenvalue weighted by molar-refractivity contribution is -0.122. The van der Waals surface area contributed by atoms with Crippen molar-refractivity contribution in [2.45, 2.75) is 6.54 Å². The highest BCUT2D eigenvalue weighted by Gasteiger charge is 2.32. The van der Waals surface area contributed by atoms with Gasteiger partial charge in [-0.05, 0) is 35.9 Å². The maximum absolute atomic E-state index is 12.9. The van der Waals surface area contributed by atoms with Crippen LogP contribution in [0.3, 0.4) is 0 Å². The van der Waals surface area contributed by atoms with Crippen molar-refractivity contribution in [1.82, 2.24) is 4.90 Å². The van der Waals surface area contributed by atoms with E-state index in [1.54, 1.807) is 31.3 Å². The fourth-order valence-electron chi connectivity index (χ4n) is 2.94. The molecule has 144 valence electrons. The predicted molar refractivity (Wildman–Crippen MR) is 111 cm³/mol. The van der Waals surface area contributed by atoms with Crippen LogP contribution in [0.5, 0.6) is 23.0 Å². The molecule has 4 rings (SSSR count). The van der Waals surface area contributed by atoms with Crippen molar-refractivity contribution >= 4 is 40.3 Å². The van der Waals surface area contributed by atoms with E-state index < -0.39 is 0 Å². The number of thioether (sulfide) groups is 1. The highest BCUT2D eigenvalue weighted by molar-refractivity contribution is 8.26. The number of benzene rings is 2. The monoisotopic (exact) mass is 415 g/mol. The summed E-state index contributed by atoms with van der Waals surface area (Å²) < 4.78 is 21.9. The molecule has 1 amide bonds. The second kappa shape index (κ2) is 7.73. The maximum atomic E-state index is 12.9. The number of nitrogens with zero attached hydrogens (tertiary/aromatic N) is 1. The van der Waals surface area contributed by atoms with Gasteiger partial charge in [-0.15, -0.1) is 0 Å². The molecule has 0 radical (unpaired) electrons. The van der Waals surface area contributed by atoms with Crippen LogP contribution in [0.2, 0.25) is 0 Å². The number of amides is 1. The van der Waals surface area contributed by atoms with E-state index in [0.717, 1.165) is 11.1 Å². The van der Waals surface area contributed by atoms with Crippen LogP contribution < -0.4 is 18.9 Å². The number of carbonyl (C=O) groups is 1. The Labute approximate surface area is 172 Å². The molecule has 28 heavy (non-hydrogen) atoms. The minimum absolute atomic E-state index is 0.134. The van der Waals surface area contributed by atoms with E-state index in [-0.39, 0.29) is 12.7 Å². The first-order valence-corrected chi connectivity index (χ1v) is 9.67. The molecule has 2 aromatic carbocycles. The number of fused-ring (bicyclic) bond motifs is 1. The molecule has 0 aliphatic carbocycles. The Hall–Kier alpha value is -2.71. The van der Waals surface area contributed by atoms with Gasteiger partial charge >= 0.3 is 0 Å². The van der Waals surface area contributed by atoms with E-state index in [1.165, 1.54) is 11.8 Å². The molecule has 0 saturated carbocycles. The fourth-order valence-corrected chi connectivity index (χ4v) is 4.18. The third-order valence-electron chi connectivity index (χ3n) is 4.38. The lowest BCUT2D eigenvalue weighted by Gasteiger charge is -2.14. The number of carbonyl (C=O) groups excluding carboxylic acids is 1. The van der Waals surface area contributed by atoms with Crippen LogP contribution >= 0.6 is 24.0 Å². The third kappa shape index (κ3) is 3.53. The average Bonchev–Trinajstić information content (AvgIpc) is 3.28. The Bertz CT molecular complexity index is 989. The van der Waals surface area contributed by atoms with E-state index in [2.05, 4.69) is 0 Å². The van der Waals surface area contributed by atoms with Crippen molar-refractivity contribution in [3.8, 4) is 23.0 Å². The molecule has 6 nitrogen and oxygen atoms in total. The molecule has 2 aromatic rings. The van der Waals surface area contributed by atoms with Crippen LogP contribution in [0.15, 0.2) is 41.3 Å². The van der Waals surface area contributed by atoms with E-state index in [1.807, 2.05) is 30.3 Å². The van der Waals surface area contributed by atoms with E-state index in [0.29, 0.717) is 38.8 Å². The van der Waals surface area contributed by atoms with Gasteiger partial charge in [0, 0.05) is 11.6 Å². The minimum Gasteiger partial charge on any atom is -0.497 e. The van der Waals surface area contributed by atoms with E-state index >= 15 is 0 Å². The summed E-state index contributed by atoms with van der Waals surface area (Å²) in [5.41, 5.74) is 1.70. The Morgan fingerprint density at radius 3 is 2.75 bits per heavy atom.